The molecule has 0 aromatic heterocycles. The zero-order chi connectivity index (χ0) is 14.8. The van der Waals surface area contributed by atoms with Gasteiger partial charge in [-0.2, -0.15) is 0 Å². The van der Waals surface area contributed by atoms with Gasteiger partial charge in [-0.15, -0.1) is 0 Å². The Morgan fingerprint density at radius 2 is 1.81 bits per heavy atom. The zero-order valence-electron chi connectivity index (χ0n) is 11.6. The maximum absolute atomic E-state index is 12.3. The minimum atomic E-state index is -0.184. The molecule has 0 unspecified atom stereocenters. The van der Waals surface area contributed by atoms with E-state index in [0.717, 1.165) is 39.1 Å². The Labute approximate surface area is 134 Å². The van der Waals surface area contributed by atoms with Gasteiger partial charge < -0.3 is 10.1 Å². The molecule has 0 spiro atoms. The highest BCUT2D eigenvalue weighted by Gasteiger charge is 2.30. The van der Waals surface area contributed by atoms with E-state index < -0.39 is 0 Å². The molecule has 0 saturated carbocycles. The normalized spacial score (nSPS) is 21.0. The van der Waals surface area contributed by atoms with Gasteiger partial charge in [-0.1, -0.05) is 29.3 Å². The first-order valence-corrected chi connectivity index (χ1v) is 7.97. The van der Waals surface area contributed by atoms with Crippen molar-refractivity contribution in [3.63, 3.8) is 0 Å². The van der Waals surface area contributed by atoms with Crippen molar-refractivity contribution in [2.75, 3.05) is 26.3 Å². The number of carbonyl (C=O) groups excluding carboxylic acids is 1. The van der Waals surface area contributed by atoms with E-state index in [1.165, 1.54) is 0 Å². The fraction of sp³-hybridized carbons (Fsp3) is 0.533. The molecule has 0 bridgehead atoms. The standard InChI is InChI=1S/C15H18Cl2N2O2/c16-12-2-1-3-13(17)14(12)15(20)18-10-4-6-19(7-5-10)11-8-21-9-11/h1-3,10-11H,4-9H2,(H,18,20). The number of hydrogen-bond acceptors (Lipinski definition) is 3. The first-order chi connectivity index (χ1) is 10.1. The molecule has 2 fully saturated rings. The number of amides is 1. The zero-order valence-corrected chi connectivity index (χ0v) is 13.2. The molecule has 2 heterocycles. The van der Waals surface area contributed by atoms with E-state index in [-0.39, 0.29) is 11.9 Å². The number of ether oxygens (including phenoxy) is 1. The van der Waals surface area contributed by atoms with Crippen LogP contribution in [0.4, 0.5) is 0 Å². The number of hydrogen-bond donors (Lipinski definition) is 1. The Morgan fingerprint density at radius 1 is 1.19 bits per heavy atom. The van der Waals surface area contributed by atoms with Crippen molar-refractivity contribution in [2.24, 2.45) is 0 Å². The second kappa shape index (κ2) is 6.53. The van der Waals surface area contributed by atoms with Gasteiger partial charge in [-0.3, -0.25) is 9.69 Å². The summed E-state index contributed by atoms with van der Waals surface area (Å²) in [5, 5.41) is 3.83. The number of rotatable bonds is 3. The summed E-state index contributed by atoms with van der Waals surface area (Å²) in [5.74, 6) is -0.184. The van der Waals surface area contributed by atoms with Gasteiger partial charge in [0.2, 0.25) is 0 Å². The fourth-order valence-corrected chi connectivity index (χ4v) is 3.38. The summed E-state index contributed by atoms with van der Waals surface area (Å²) >= 11 is 12.1. The molecule has 0 aliphatic carbocycles. The molecule has 4 nitrogen and oxygen atoms in total. The molecule has 2 aliphatic heterocycles. The first kappa shape index (κ1) is 15.1. The summed E-state index contributed by atoms with van der Waals surface area (Å²) in [5.41, 5.74) is 0.371. The van der Waals surface area contributed by atoms with Crippen LogP contribution in [-0.2, 0) is 4.74 Å². The molecule has 0 atom stereocenters. The molecular weight excluding hydrogens is 311 g/mol. The summed E-state index contributed by atoms with van der Waals surface area (Å²) in [4.78, 5) is 14.8. The molecule has 2 aliphatic rings. The van der Waals surface area contributed by atoms with Crippen molar-refractivity contribution in [1.82, 2.24) is 10.2 Å². The van der Waals surface area contributed by atoms with Crippen LogP contribution in [0.25, 0.3) is 0 Å². The molecule has 3 rings (SSSR count). The Balaban J connectivity index is 1.56. The highest BCUT2D eigenvalue weighted by molar-refractivity contribution is 6.39. The fourth-order valence-electron chi connectivity index (χ4n) is 2.82. The summed E-state index contributed by atoms with van der Waals surface area (Å²) in [6, 6.07) is 5.85. The third-order valence-electron chi connectivity index (χ3n) is 4.19. The van der Waals surface area contributed by atoms with Crippen LogP contribution >= 0.6 is 23.2 Å². The molecule has 1 amide bonds. The van der Waals surface area contributed by atoms with Crippen LogP contribution in [0.3, 0.4) is 0 Å². The van der Waals surface area contributed by atoms with E-state index in [1.54, 1.807) is 18.2 Å². The van der Waals surface area contributed by atoms with Crippen LogP contribution in [0.2, 0.25) is 10.0 Å². The monoisotopic (exact) mass is 328 g/mol. The molecule has 21 heavy (non-hydrogen) atoms. The van der Waals surface area contributed by atoms with E-state index in [1.807, 2.05) is 0 Å². The van der Waals surface area contributed by atoms with Crippen molar-refractivity contribution in [3.8, 4) is 0 Å². The smallest absolute Gasteiger partial charge is 0.254 e. The SMILES string of the molecule is O=C(NC1CCN(C2COC2)CC1)c1c(Cl)cccc1Cl. The van der Waals surface area contributed by atoms with Gasteiger partial charge in [-0.25, -0.2) is 0 Å². The maximum Gasteiger partial charge on any atom is 0.254 e. The largest absolute Gasteiger partial charge is 0.378 e. The van der Waals surface area contributed by atoms with Crippen molar-refractivity contribution in [3.05, 3.63) is 33.8 Å². The van der Waals surface area contributed by atoms with Crippen molar-refractivity contribution in [1.29, 1.82) is 0 Å². The second-order valence-corrected chi connectivity index (χ2v) is 6.39. The minimum absolute atomic E-state index is 0.182. The summed E-state index contributed by atoms with van der Waals surface area (Å²) in [6.45, 7) is 3.67. The molecule has 1 aromatic carbocycles. The van der Waals surface area contributed by atoms with Crippen molar-refractivity contribution in [2.45, 2.75) is 24.9 Å². The Kier molecular flexibility index (Phi) is 4.69. The third-order valence-corrected chi connectivity index (χ3v) is 4.82. The number of carbonyl (C=O) groups is 1. The quantitative estimate of drug-likeness (QED) is 0.927. The van der Waals surface area contributed by atoms with Crippen molar-refractivity contribution >= 4 is 29.1 Å². The Bertz CT molecular complexity index is 506. The van der Waals surface area contributed by atoms with Crippen LogP contribution in [-0.4, -0.2) is 49.2 Å². The summed E-state index contributed by atoms with van der Waals surface area (Å²) in [7, 11) is 0. The van der Waals surface area contributed by atoms with Crippen LogP contribution in [0.5, 0.6) is 0 Å². The van der Waals surface area contributed by atoms with Gasteiger partial charge >= 0.3 is 0 Å². The Hall–Kier alpha value is -0.810. The number of halogens is 2. The maximum atomic E-state index is 12.3. The molecule has 0 radical (unpaired) electrons. The predicted molar refractivity (Wildman–Crippen MR) is 83.1 cm³/mol. The first-order valence-electron chi connectivity index (χ1n) is 7.22. The van der Waals surface area contributed by atoms with E-state index in [2.05, 4.69) is 10.2 Å². The van der Waals surface area contributed by atoms with Gasteiger partial charge in [0.05, 0.1) is 34.9 Å². The third kappa shape index (κ3) is 3.34. The predicted octanol–water partition coefficient (Wildman–Crippen LogP) is 2.59. The molecule has 1 N–H and O–H groups in total. The average molecular weight is 329 g/mol. The van der Waals surface area contributed by atoms with Gasteiger partial charge in [-0.05, 0) is 25.0 Å². The number of benzene rings is 1. The topological polar surface area (TPSA) is 41.6 Å². The number of nitrogens with one attached hydrogen (secondary N) is 1. The van der Waals surface area contributed by atoms with Crippen LogP contribution in [0, 0.1) is 0 Å². The minimum Gasteiger partial charge on any atom is -0.378 e. The molecular formula is C15H18Cl2N2O2. The van der Waals surface area contributed by atoms with E-state index in [9.17, 15) is 4.79 Å². The van der Waals surface area contributed by atoms with Gasteiger partial charge in [0.15, 0.2) is 0 Å². The molecule has 2 saturated heterocycles. The number of likely N-dealkylation sites (tertiary alicyclic amines) is 1. The van der Waals surface area contributed by atoms with E-state index in [0.29, 0.717) is 21.7 Å². The van der Waals surface area contributed by atoms with Gasteiger partial charge in [0.25, 0.3) is 5.91 Å². The van der Waals surface area contributed by atoms with Gasteiger partial charge in [0.1, 0.15) is 0 Å². The molecule has 114 valence electrons. The lowest BCUT2D eigenvalue weighted by Crippen LogP contribution is -2.54. The van der Waals surface area contributed by atoms with E-state index >= 15 is 0 Å². The van der Waals surface area contributed by atoms with E-state index in [4.69, 9.17) is 27.9 Å². The lowest BCUT2D eigenvalue weighted by molar-refractivity contribution is -0.0716. The molecule has 1 aromatic rings. The van der Waals surface area contributed by atoms with Crippen LogP contribution in [0.15, 0.2) is 18.2 Å². The molecule has 6 heteroatoms. The average Bonchev–Trinajstić information content (AvgIpc) is 2.39. The lowest BCUT2D eigenvalue weighted by Gasteiger charge is -2.41. The lowest BCUT2D eigenvalue weighted by atomic mass is 10.0. The van der Waals surface area contributed by atoms with Crippen molar-refractivity contribution < 1.29 is 9.53 Å². The second-order valence-electron chi connectivity index (χ2n) is 5.57. The van der Waals surface area contributed by atoms with Crippen LogP contribution < -0.4 is 5.32 Å². The number of nitrogens with zero attached hydrogens (tertiary/aromatic N) is 1. The Morgan fingerprint density at radius 3 is 2.33 bits per heavy atom. The highest BCUT2D eigenvalue weighted by atomic mass is 35.5. The van der Waals surface area contributed by atoms with Gasteiger partial charge in [0, 0.05) is 19.1 Å². The van der Waals surface area contributed by atoms with Crippen LogP contribution in [0.1, 0.15) is 23.2 Å². The number of piperidine rings is 1. The highest BCUT2D eigenvalue weighted by Crippen LogP contribution is 2.25. The summed E-state index contributed by atoms with van der Waals surface area (Å²) < 4.78 is 5.22. The summed E-state index contributed by atoms with van der Waals surface area (Å²) in [6.07, 6.45) is 1.90.